The summed E-state index contributed by atoms with van der Waals surface area (Å²) in [6.07, 6.45) is -0.230. The van der Waals surface area contributed by atoms with Gasteiger partial charge in [-0.25, -0.2) is 4.98 Å². The van der Waals surface area contributed by atoms with Crippen LogP contribution in [0.2, 0.25) is 0 Å². The van der Waals surface area contributed by atoms with Gasteiger partial charge in [0.1, 0.15) is 17.5 Å². The second kappa shape index (κ2) is 8.95. The highest BCUT2D eigenvalue weighted by Gasteiger charge is 2.46. The number of nitrogens with zero attached hydrogens (tertiary/aromatic N) is 5. The minimum Gasteiger partial charge on any atom is -0.491 e. The highest BCUT2D eigenvalue weighted by molar-refractivity contribution is 5.87. The number of hydrogen-bond acceptors (Lipinski definition) is 6. The van der Waals surface area contributed by atoms with E-state index in [0.717, 1.165) is 35.1 Å². The van der Waals surface area contributed by atoms with E-state index in [0.29, 0.717) is 36.0 Å². The molecule has 7 nitrogen and oxygen atoms in total. The number of aromatic nitrogens is 4. The number of benzene rings is 1. The first kappa shape index (κ1) is 24.1. The molecule has 3 aromatic heterocycles. The molecular weight excluding hydrogens is 481 g/mol. The monoisotopic (exact) mass is 510 g/mol. The Balaban J connectivity index is 1.46. The van der Waals surface area contributed by atoms with Crippen LogP contribution in [-0.2, 0) is 0 Å². The molecule has 2 fully saturated rings. The van der Waals surface area contributed by atoms with E-state index in [1.807, 2.05) is 38.1 Å². The van der Waals surface area contributed by atoms with Crippen molar-refractivity contribution in [3.63, 3.8) is 0 Å². The lowest BCUT2D eigenvalue weighted by atomic mass is 10.0. The van der Waals surface area contributed by atoms with Gasteiger partial charge in [0.2, 0.25) is 0 Å². The third-order valence-corrected chi connectivity index (χ3v) is 7.11. The van der Waals surface area contributed by atoms with E-state index in [1.165, 1.54) is 17.2 Å². The van der Waals surface area contributed by atoms with Crippen molar-refractivity contribution >= 4 is 16.6 Å². The zero-order chi connectivity index (χ0) is 25.9. The van der Waals surface area contributed by atoms with E-state index in [1.54, 1.807) is 10.5 Å². The number of alkyl halides is 3. The zero-order valence-electron chi connectivity index (χ0n) is 20.7. The van der Waals surface area contributed by atoms with Gasteiger partial charge in [-0.2, -0.15) is 13.2 Å². The molecule has 0 bridgehead atoms. The molecule has 37 heavy (non-hydrogen) atoms. The summed E-state index contributed by atoms with van der Waals surface area (Å²) in [6, 6.07) is 8.84. The summed E-state index contributed by atoms with van der Waals surface area (Å²) in [5.41, 5.74) is 8.99. The van der Waals surface area contributed by atoms with Crippen LogP contribution in [0.25, 0.3) is 28.1 Å². The molecule has 1 saturated heterocycles. The first-order valence-corrected chi connectivity index (χ1v) is 12.7. The SMILES string of the molecule is CC(C)Oc1ccc2ccc(-c3nnc4ccc(C(N5CCC(N)C5)C(F)(F)F)cn34)nc2c1C1CC1. The standard InChI is InChI=1S/C27H29F3N6O/c1-15(2)37-21-9-6-17-5-8-20(32-24(17)23(21)16-3-4-16)26-34-33-22-10-7-18(13-36(22)26)25(27(28,29)30)35-12-11-19(31)14-35/h5-10,13,15-16,19,25H,3-4,11-12,14,31H2,1-2H3. The van der Waals surface area contributed by atoms with Crippen molar-refractivity contribution in [3.05, 3.63) is 53.7 Å². The second-order valence-corrected chi connectivity index (χ2v) is 10.4. The summed E-state index contributed by atoms with van der Waals surface area (Å²) in [6.45, 7) is 4.49. The molecule has 0 amide bonds. The molecular formula is C27H29F3N6O. The van der Waals surface area contributed by atoms with E-state index in [2.05, 4.69) is 10.2 Å². The Bertz CT molecular complexity index is 1460. The number of ether oxygens (including phenoxy) is 1. The normalized spacial score (nSPS) is 19.8. The lowest BCUT2D eigenvalue weighted by Crippen LogP contribution is -2.38. The highest BCUT2D eigenvalue weighted by atomic mass is 19.4. The molecule has 2 aliphatic rings. The molecule has 4 aromatic rings. The Kier molecular flexibility index (Phi) is 5.83. The molecule has 1 aliphatic heterocycles. The van der Waals surface area contributed by atoms with Gasteiger partial charge in [0.25, 0.3) is 0 Å². The number of likely N-dealkylation sites (tertiary alicyclic amines) is 1. The number of halogens is 3. The fraction of sp³-hybridized carbons (Fsp3) is 0.444. The first-order chi connectivity index (χ1) is 17.7. The molecule has 194 valence electrons. The van der Waals surface area contributed by atoms with E-state index in [9.17, 15) is 13.2 Å². The van der Waals surface area contributed by atoms with Gasteiger partial charge in [-0.1, -0.05) is 12.1 Å². The molecule has 1 saturated carbocycles. The molecule has 1 aromatic carbocycles. The average molecular weight is 511 g/mol. The van der Waals surface area contributed by atoms with Crippen LogP contribution in [0.1, 0.15) is 56.2 Å². The Morgan fingerprint density at radius 1 is 1.03 bits per heavy atom. The molecule has 0 spiro atoms. The van der Waals surface area contributed by atoms with Gasteiger partial charge in [-0.15, -0.1) is 10.2 Å². The largest absolute Gasteiger partial charge is 0.491 e. The van der Waals surface area contributed by atoms with Gasteiger partial charge in [0.05, 0.1) is 11.6 Å². The summed E-state index contributed by atoms with van der Waals surface area (Å²) >= 11 is 0. The van der Waals surface area contributed by atoms with Crippen molar-refractivity contribution in [2.75, 3.05) is 13.1 Å². The Morgan fingerprint density at radius 2 is 1.81 bits per heavy atom. The Labute approximate surface area is 212 Å². The Morgan fingerprint density at radius 3 is 2.49 bits per heavy atom. The zero-order valence-corrected chi connectivity index (χ0v) is 20.7. The maximum absolute atomic E-state index is 14.2. The topological polar surface area (TPSA) is 81.6 Å². The molecule has 1 aliphatic carbocycles. The van der Waals surface area contributed by atoms with Gasteiger partial charge < -0.3 is 10.5 Å². The predicted molar refractivity (Wildman–Crippen MR) is 134 cm³/mol. The highest BCUT2D eigenvalue weighted by Crippen LogP contribution is 2.47. The fourth-order valence-corrected chi connectivity index (χ4v) is 5.34. The summed E-state index contributed by atoms with van der Waals surface area (Å²) in [7, 11) is 0. The van der Waals surface area contributed by atoms with Crippen molar-refractivity contribution < 1.29 is 17.9 Å². The van der Waals surface area contributed by atoms with E-state index < -0.39 is 12.2 Å². The van der Waals surface area contributed by atoms with Gasteiger partial charge in [-0.05, 0) is 68.9 Å². The van der Waals surface area contributed by atoms with Crippen LogP contribution < -0.4 is 10.5 Å². The molecule has 2 N–H and O–H groups in total. The molecule has 6 rings (SSSR count). The fourth-order valence-electron chi connectivity index (χ4n) is 5.34. The Hall–Kier alpha value is -3.24. The minimum absolute atomic E-state index is 0.0312. The van der Waals surface area contributed by atoms with Crippen LogP contribution in [0.5, 0.6) is 5.75 Å². The number of pyridine rings is 2. The average Bonchev–Trinajstić information content (AvgIpc) is 3.45. The number of nitrogens with two attached hydrogens (primary N) is 1. The molecule has 2 unspecified atom stereocenters. The van der Waals surface area contributed by atoms with Crippen molar-refractivity contribution in [1.82, 2.24) is 24.5 Å². The van der Waals surface area contributed by atoms with Gasteiger partial charge in [0, 0.05) is 36.3 Å². The number of hydrogen-bond donors (Lipinski definition) is 1. The lowest BCUT2D eigenvalue weighted by Gasteiger charge is -2.30. The van der Waals surface area contributed by atoms with Crippen LogP contribution in [0.15, 0.2) is 42.6 Å². The first-order valence-electron chi connectivity index (χ1n) is 12.7. The van der Waals surface area contributed by atoms with Gasteiger partial charge in [-0.3, -0.25) is 9.30 Å². The van der Waals surface area contributed by atoms with Crippen molar-refractivity contribution in [2.24, 2.45) is 5.73 Å². The van der Waals surface area contributed by atoms with Gasteiger partial charge in [0.15, 0.2) is 11.5 Å². The smallest absolute Gasteiger partial charge is 0.408 e. The van der Waals surface area contributed by atoms with Crippen molar-refractivity contribution in [3.8, 4) is 17.3 Å². The van der Waals surface area contributed by atoms with Crippen LogP contribution in [0.3, 0.4) is 0 Å². The predicted octanol–water partition coefficient (Wildman–Crippen LogP) is 5.25. The molecule has 2 atom stereocenters. The summed E-state index contributed by atoms with van der Waals surface area (Å²) in [4.78, 5) is 6.36. The summed E-state index contributed by atoms with van der Waals surface area (Å²) < 4.78 is 50.3. The van der Waals surface area contributed by atoms with Crippen molar-refractivity contribution in [2.45, 2.75) is 63.4 Å². The quantitative estimate of drug-likeness (QED) is 0.382. The number of fused-ring (bicyclic) bond motifs is 2. The van der Waals surface area contributed by atoms with Crippen LogP contribution in [-0.4, -0.2) is 55.9 Å². The van der Waals surface area contributed by atoms with E-state index in [4.69, 9.17) is 15.5 Å². The lowest BCUT2D eigenvalue weighted by molar-refractivity contribution is -0.183. The maximum Gasteiger partial charge on any atom is 0.408 e. The number of rotatable bonds is 6. The van der Waals surface area contributed by atoms with Crippen LogP contribution >= 0.6 is 0 Å². The van der Waals surface area contributed by atoms with E-state index >= 15 is 0 Å². The van der Waals surface area contributed by atoms with E-state index in [-0.39, 0.29) is 24.3 Å². The summed E-state index contributed by atoms with van der Waals surface area (Å²) in [5.74, 6) is 1.62. The maximum atomic E-state index is 14.2. The second-order valence-electron chi connectivity index (χ2n) is 10.4. The van der Waals surface area contributed by atoms with Crippen LogP contribution in [0, 0.1) is 0 Å². The minimum atomic E-state index is -4.45. The van der Waals surface area contributed by atoms with Crippen molar-refractivity contribution in [1.29, 1.82) is 0 Å². The molecule has 4 heterocycles. The van der Waals surface area contributed by atoms with Gasteiger partial charge >= 0.3 is 6.18 Å². The molecule has 10 heteroatoms. The summed E-state index contributed by atoms with van der Waals surface area (Å²) in [5, 5.41) is 9.50. The van der Waals surface area contributed by atoms with Crippen LogP contribution in [0.4, 0.5) is 13.2 Å². The molecule has 0 radical (unpaired) electrons. The third kappa shape index (κ3) is 4.53. The third-order valence-electron chi connectivity index (χ3n) is 7.11.